The molecule has 3 rings (SSSR count). The second-order valence-corrected chi connectivity index (χ2v) is 6.11. The molecule has 138 valence electrons. The molecule has 0 amide bonds. The largest absolute Gasteiger partial charge is 0.470 e. The van der Waals surface area contributed by atoms with Crippen LogP contribution >= 0.6 is 0 Å². The molecule has 6 heteroatoms. The average Bonchev–Trinajstić information content (AvgIpc) is 2.68. The van der Waals surface area contributed by atoms with Gasteiger partial charge in [-0.25, -0.2) is 0 Å². The summed E-state index contributed by atoms with van der Waals surface area (Å²) in [4.78, 5) is 36.8. The molecule has 0 spiro atoms. The third-order valence-corrected chi connectivity index (χ3v) is 4.34. The van der Waals surface area contributed by atoms with Crippen LogP contribution in [-0.2, 0) is 30.5 Å². The van der Waals surface area contributed by atoms with Crippen molar-refractivity contribution < 1.29 is 23.9 Å². The molecule has 0 saturated carbocycles. The van der Waals surface area contributed by atoms with Crippen molar-refractivity contribution in [1.82, 2.24) is 4.90 Å². The summed E-state index contributed by atoms with van der Waals surface area (Å²) in [5.74, 6) is -0.449. The fraction of sp³-hybridized carbons (Fsp3) is 0.190. The fourth-order valence-electron chi connectivity index (χ4n) is 3.13. The van der Waals surface area contributed by atoms with Gasteiger partial charge in [-0.05, 0) is 28.9 Å². The molecule has 1 aliphatic carbocycles. The molecule has 0 N–H and O–H groups in total. The molecular weight excluding hydrogens is 346 g/mol. The third-order valence-electron chi connectivity index (χ3n) is 4.34. The van der Waals surface area contributed by atoms with Crippen LogP contribution in [-0.4, -0.2) is 22.9 Å². The van der Waals surface area contributed by atoms with Crippen molar-refractivity contribution in [2.75, 3.05) is 0 Å². The molecule has 2 aliphatic rings. The summed E-state index contributed by atoms with van der Waals surface area (Å²) < 4.78 is 10.3. The highest BCUT2D eigenvalue weighted by molar-refractivity contribution is 5.97. The van der Waals surface area contributed by atoms with E-state index >= 15 is 0 Å². The molecule has 0 aromatic heterocycles. The third kappa shape index (κ3) is 4.23. The summed E-state index contributed by atoms with van der Waals surface area (Å²) in [6.45, 7) is 1.46. The Balaban J connectivity index is 2.11. The zero-order valence-corrected chi connectivity index (χ0v) is 14.8. The van der Waals surface area contributed by atoms with Gasteiger partial charge in [0, 0.05) is 31.3 Å². The number of carbonyl (C=O) groups excluding carboxylic acids is 3. The molecule has 0 fully saturated rings. The minimum atomic E-state index is -0.415. The smallest absolute Gasteiger partial charge is 0.302 e. The van der Waals surface area contributed by atoms with E-state index in [2.05, 4.69) is 0 Å². The molecule has 1 heterocycles. The molecule has 1 aromatic rings. The Morgan fingerprint density at radius 1 is 1.26 bits per heavy atom. The van der Waals surface area contributed by atoms with Crippen LogP contribution in [0.3, 0.4) is 0 Å². The minimum absolute atomic E-state index is 0.0701. The Morgan fingerprint density at radius 2 is 2.00 bits per heavy atom. The molecule has 1 unspecified atom stereocenters. The monoisotopic (exact) mass is 365 g/mol. The first kappa shape index (κ1) is 18.4. The van der Waals surface area contributed by atoms with Gasteiger partial charge in [0.05, 0.1) is 6.04 Å². The van der Waals surface area contributed by atoms with Crippen molar-refractivity contribution in [2.45, 2.75) is 26.0 Å². The van der Waals surface area contributed by atoms with Gasteiger partial charge in [-0.1, -0.05) is 24.3 Å². The van der Waals surface area contributed by atoms with Gasteiger partial charge in [0.1, 0.15) is 25.4 Å². The van der Waals surface area contributed by atoms with Crippen molar-refractivity contribution in [3.8, 4) is 0 Å². The van der Waals surface area contributed by atoms with Crippen LogP contribution in [0.2, 0.25) is 0 Å². The van der Waals surface area contributed by atoms with E-state index in [1.807, 2.05) is 29.2 Å². The molecule has 0 radical (unpaired) electrons. The molecule has 1 aliphatic heterocycles. The van der Waals surface area contributed by atoms with Crippen LogP contribution in [0.25, 0.3) is 0 Å². The normalized spacial score (nSPS) is 16.9. The van der Waals surface area contributed by atoms with E-state index in [1.54, 1.807) is 18.5 Å². The van der Waals surface area contributed by atoms with Crippen molar-refractivity contribution in [3.05, 3.63) is 83.6 Å². The van der Waals surface area contributed by atoms with Gasteiger partial charge >= 0.3 is 5.97 Å². The lowest BCUT2D eigenvalue weighted by atomic mass is 9.85. The quantitative estimate of drug-likeness (QED) is 0.570. The van der Waals surface area contributed by atoms with Crippen molar-refractivity contribution in [1.29, 1.82) is 0 Å². The van der Waals surface area contributed by atoms with Crippen LogP contribution in [0, 0.1) is 0 Å². The number of benzene rings is 1. The SMILES string of the molecule is CC(=O)OCc1ccccc1C(C1=C(C=O)C=CC(=O)C1)N1C=COC=C1. The summed E-state index contributed by atoms with van der Waals surface area (Å²) in [7, 11) is 0. The number of esters is 1. The first-order valence-electron chi connectivity index (χ1n) is 8.46. The first-order chi connectivity index (χ1) is 13.1. The lowest BCUT2D eigenvalue weighted by Crippen LogP contribution is -2.26. The van der Waals surface area contributed by atoms with Gasteiger partial charge in [0.15, 0.2) is 5.78 Å². The first-order valence-corrected chi connectivity index (χ1v) is 8.46. The lowest BCUT2D eigenvalue weighted by Gasteiger charge is -2.33. The van der Waals surface area contributed by atoms with Gasteiger partial charge in [-0.3, -0.25) is 14.4 Å². The Bertz CT molecular complexity index is 866. The molecule has 6 nitrogen and oxygen atoms in total. The fourth-order valence-corrected chi connectivity index (χ4v) is 3.13. The highest BCUT2D eigenvalue weighted by Crippen LogP contribution is 2.37. The van der Waals surface area contributed by atoms with Gasteiger partial charge in [-0.2, -0.15) is 0 Å². The summed E-state index contributed by atoms with van der Waals surface area (Å²) in [5.41, 5.74) is 2.79. The number of aldehydes is 1. The summed E-state index contributed by atoms with van der Waals surface area (Å²) in [6, 6.07) is 7.07. The van der Waals surface area contributed by atoms with E-state index < -0.39 is 6.04 Å². The highest BCUT2D eigenvalue weighted by Gasteiger charge is 2.29. The maximum absolute atomic E-state index is 12.1. The summed E-state index contributed by atoms with van der Waals surface area (Å²) in [5, 5.41) is 0. The number of ketones is 1. The van der Waals surface area contributed by atoms with Crippen LogP contribution in [0.5, 0.6) is 0 Å². The van der Waals surface area contributed by atoms with Crippen LogP contribution < -0.4 is 0 Å². The van der Waals surface area contributed by atoms with Crippen LogP contribution in [0.1, 0.15) is 30.5 Å². The van der Waals surface area contributed by atoms with E-state index in [-0.39, 0.29) is 24.8 Å². The molecule has 0 bridgehead atoms. The molecule has 1 atom stereocenters. The van der Waals surface area contributed by atoms with Gasteiger partial charge in [0.25, 0.3) is 0 Å². The predicted octanol–water partition coefficient (Wildman–Crippen LogP) is 3.09. The van der Waals surface area contributed by atoms with Crippen LogP contribution in [0.4, 0.5) is 0 Å². The zero-order valence-electron chi connectivity index (χ0n) is 14.8. The molecule has 0 saturated heterocycles. The van der Waals surface area contributed by atoms with E-state index in [0.29, 0.717) is 11.1 Å². The highest BCUT2D eigenvalue weighted by atomic mass is 16.5. The van der Waals surface area contributed by atoms with Crippen molar-refractivity contribution in [2.24, 2.45) is 0 Å². The summed E-state index contributed by atoms with van der Waals surface area (Å²) >= 11 is 0. The van der Waals surface area contributed by atoms with E-state index in [9.17, 15) is 14.4 Å². The average molecular weight is 365 g/mol. The van der Waals surface area contributed by atoms with Crippen molar-refractivity contribution >= 4 is 18.0 Å². The Morgan fingerprint density at radius 3 is 2.70 bits per heavy atom. The molecular formula is C21H19NO5. The predicted molar refractivity (Wildman–Crippen MR) is 97.7 cm³/mol. The standard InChI is InChI=1S/C21H19NO5/c1-15(24)27-14-17-4-2-3-5-19(17)21(22-8-10-26-11-9-22)20-12-18(25)7-6-16(20)13-23/h2-11,13,21H,12,14H2,1H3. The zero-order chi connectivity index (χ0) is 19.2. The number of ether oxygens (including phenoxy) is 2. The number of hydrogen-bond acceptors (Lipinski definition) is 6. The number of nitrogens with zero attached hydrogens (tertiary/aromatic N) is 1. The number of rotatable bonds is 6. The maximum atomic E-state index is 12.1. The Labute approximate surface area is 157 Å². The Kier molecular flexibility index (Phi) is 5.66. The number of hydrogen-bond donors (Lipinski definition) is 0. The van der Waals surface area contributed by atoms with Gasteiger partial charge in [-0.15, -0.1) is 0 Å². The number of carbonyl (C=O) groups is 3. The summed E-state index contributed by atoms with van der Waals surface area (Å²) in [6.07, 6.45) is 10.3. The van der Waals surface area contributed by atoms with Crippen molar-refractivity contribution in [3.63, 3.8) is 0 Å². The van der Waals surface area contributed by atoms with E-state index in [1.165, 1.54) is 25.5 Å². The Hall–Kier alpha value is -3.41. The second-order valence-electron chi connectivity index (χ2n) is 6.11. The van der Waals surface area contributed by atoms with Crippen LogP contribution in [0.15, 0.2) is 72.5 Å². The molecule has 27 heavy (non-hydrogen) atoms. The van der Waals surface area contributed by atoms with E-state index in [0.717, 1.165) is 17.4 Å². The maximum Gasteiger partial charge on any atom is 0.302 e. The second kappa shape index (κ2) is 8.31. The topological polar surface area (TPSA) is 72.9 Å². The van der Waals surface area contributed by atoms with E-state index in [4.69, 9.17) is 9.47 Å². The lowest BCUT2D eigenvalue weighted by molar-refractivity contribution is -0.142. The minimum Gasteiger partial charge on any atom is -0.470 e. The van der Waals surface area contributed by atoms with Gasteiger partial charge in [0.2, 0.25) is 0 Å². The van der Waals surface area contributed by atoms with Gasteiger partial charge < -0.3 is 14.4 Å². The molecule has 1 aromatic carbocycles. The number of allylic oxidation sites excluding steroid dienone is 3.